The summed E-state index contributed by atoms with van der Waals surface area (Å²) < 4.78 is 0. The number of hydrogen-bond donors (Lipinski definition) is 2. The lowest BCUT2D eigenvalue weighted by Gasteiger charge is -2.23. The summed E-state index contributed by atoms with van der Waals surface area (Å²) >= 11 is 6.28. The monoisotopic (exact) mass is 460 g/mol. The Morgan fingerprint density at radius 2 is 1.76 bits per heavy atom. The molecule has 1 heterocycles. The van der Waals surface area contributed by atoms with Gasteiger partial charge in [0.2, 0.25) is 5.91 Å². The first kappa shape index (κ1) is 23.1. The number of carbonyl (C=O) groups is 1. The number of aliphatic imine (C=N–C) groups is 1. The van der Waals surface area contributed by atoms with Crippen LogP contribution in [0.25, 0.3) is 0 Å². The minimum absolute atomic E-state index is 0.0708. The molecular formula is C28H29ClN2O2. The highest BCUT2D eigenvalue weighted by Crippen LogP contribution is 2.30. The van der Waals surface area contributed by atoms with Gasteiger partial charge in [0.15, 0.2) is 0 Å². The molecule has 2 N–H and O–H groups in total. The second kappa shape index (κ2) is 9.40. The third kappa shape index (κ3) is 5.28. The number of aryl methyl sites for hydroxylation is 1. The van der Waals surface area contributed by atoms with Crippen molar-refractivity contribution in [3.05, 3.63) is 94.0 Å². The highest BCUT2D eigenvalue weighted by molar-refractivity contribution is 6.32. The molecule has 3 aromatic carbocycles. The zero-order valence-electron chi connectivity index (χ0n) is 19.2. The highest BCUT2D eigenvalue weighted by atomic mass is 35.5. The van der Waals surface area contributed by atoms with Gasteiger partial charge in [0.1, 0.15) is 11.8 Å². The predicted molar refractivity (Wildman–Crippen MR) is 136 cm³/mol. The highest BCUT2D eigenvalue weighted by Gasteiger charge is 2.26. The summed E-state index contributed by atoms with van der Waals surface area (Å²) in [6, 6.07) is 20.3. The molecule has 1 unspecified atom stereocenters. The first-order valence-corrected chi connectivity index (χ1v) is 11.7. The van der Waals surface area contributed by atoms with E-state index >= 15 is 0 Å². The smallest absolute Gasteiger partial charge is 0.249 e. The lowest BCUT2D eigenvalue weighted by molar-refractivity contribution is -0.117. The number of phenols is 1. The van der Waals surface area contributed by atoms with Gasteiger partial charge in [-0.2, -0.15) is 0 Å². The van der Waals surface area contributed by atoms with E-state index in [0.717, 1.165) is 24.0 Å². The topological polar surface area (TPSA) is 61.7 Å². The Hall–Kier alpha value is -3.11. The van der Waals surface area contributed by atoms with Gasteiger partial charge in [0, 0.05) is 16.1 Å². The third-order valence-corrected chi connectivity index (χ3v) is 6.21. The van der Waals surface area contributed by atoms with Gasteiger partial charge < -0.3 is 10.4 Å². The fourth-order valence-electron chi connectivity index (χ4n) is 4.32. The minimum Gasteiger partial charge on any atom is -0.508 e. The number of carbonyl (C=O) groups excluding carboxylic acids is 1. The fraction of sp³-hybridized carbons (Fsp3) is 0.286. The number of benzene rings is 3. The number of fused-ring (bicyclic) bond motifs is 1. The van der Waals surface area contributed by atoms with E-state index in [4.69, 9.17) is 16.6 Å². The Bertz CT molecular complexity index is 1190. The number of benzodiazepines with no additional fused rings is 1. The van der Waals surface area contributed by atoms with E-state index in [0.29, 0.717) is 22.8 Å². The number of nitrogens with one attached hydrogen (secondary N) is 1. The van der Waals surface area contributed by atoms with Crippen LogP contribution in [0.3, 0.4) is 0 Å². The molecule has 0 spiro atoms. The number of phenolic OH excluding ortho intramolecular Hbond substituents is 1. The third-order valence-electron chi connectivity index (χ3n) is 5.97. The molecule has 0 aliphatic carbocycles. The van der Waals surface area contributed by atoms with Gasteiger partial charge in [-0.15, -0.1) is 0 Å². The van der Waals surface area contributed by atoms with Gasteiger partial charge >= 0.3 is 0 Å². The Balaban J connectivity index is 1.62. The second-order valence-electron chi connectivity index (χ2n) is 9.52. The standard InChI is InChI=1S/C28H29ClN2O2/c1-28(2,3)23-9-5-4-7-18(23)8-6-10-25-27(33)31-24-16-13-20(29)17-22(24)26(30-25)19-11-14-21(32)15-12-19/h4-5,7,9,11-17,25,32H,6,8,10H2,1-3H3,(H,31,33). The molecule has 0 saturated heterocycles. The van der Waals surface area contributed by atoms with Crippen LogP contribution >= 0.6 is 11.6 Å². The Kier molecular flexibility index (Phi) is 6.57. The van der Waals surface area contributed by atoms with Crippen molar-refractivity contribution in [2.75, 3.05) is 5.32 Å². The maximum Gasteiger partial charge on any atom is 0.249 e. The zero-order chi connectivity index (χ0) is 23.6. The van der Waals surface area contributed by atoms with E-state index in [-0.39, 0.29) is 17.1 Å². The van der Waals surface area contributed by atoms with Crippen LogP contribution in [0.4, 0.5) is 5.69 Å². The normalized spacial score (nSPS) is 15.9. The van der Waals surface area contributed by atoms with Gasteiger partial charge in [-0.3, -0.25) is 9.79 Å². The molecule has 1 atom stereocenters. The van der Waals surface area contributed by atoms with Crippen molar-refractivity contribution < 1.29 is 9.90 Å². The minimum atomic E-state index is -0.512. The van der Waals surface area contributed by atoms with Crippen LogP contribution in [0, 0.1) is 0 Å². The molecule has 0 radical (unpaired) electrons. The molecule has 1 aliphatic heterocycles. The van der Waals surface area contributed by atoms with Crippen LogP contribution in [0.1, 0.15) is 55.9 Å². The lowest BCUT2D eigenvalue weighted by Crippen LogP contribution is -2.25. The van der Waals surface area contributed by atoms with E-state index in [1.165, 1.54) is 11.1 Å². The van der Waals surface area contributed by atoms with E-state index in [9.17, 15) is 9.90 Å². The SMILES string of the molecule is CC(C)(C)c1ccccc1CCCC1N=C(c2ccc(O)cc2)c2cc(Cl)ccc2NC1=O. The molecule has 1 amide bonds. The molecule has 0 bridgehead atoms. The van der Waals surface area contributed by atoms with E-state index in [1.807, 2.05) is 24.3 Å². The van der Waals surface area contributed by atoms with Gasteiger partial charge in [-0.25, -0.2) is 0 Å². The summed E-state index contributed by atoms with van der Waals surface area (Å²) in [5.41, 5.74) is 5.73. The van der Waals surface area contributed by atoms with Crippen LogP contribution in [0.5, 0.6) is 5.75 Å². The van der Waals surface area contributed by atoms with E-state index in [1.54, 1.807) is 18.2 Å². The number of rotatable bonds is 5. The van der Waals surface area contributed by atoms with Crippen LogP contribution in [0.2, 0.25) is 5.02 Å². The summed E-state index contributed by atoms with van der Waals surface area (Å²) in [6.07, 6.45) is 2.36. The summed E-state index contributed by atoms with van der Waals surface area (Å²) in [4.78, 5) is 18.0. The van der Waals surface area contributed by atoms with Crippen molar-refractivity contribution in [3.8, 4) is 5.75 Å². The maximum atomic E-state index is 13.1. The second-order valence-corrected chi connectivity index (χ2v) is 9.96. The summed E-state index contributed by atoms with van der Waals surface area (Å²) in [5, 5.41) is 13.3. The van der Waals surface area contributed by atoms with Gasteiger partial charge in [0.25, 0.3) is 0 Å². The molecule has 3 aromatic rings. The van der Waals surface area contributed by atoms with Crippen molar-refractivity contribution in [3.63, 3.8) is 0 Å². The van der Waals surface area contributed by atoms with Gasteiger partial charge in [0.05, 0.1) is 11.4 Å². The Labute approximate surface area is 200 Å². The summed E-state index contributed by atoms with van der Waals surface area (Å²) in [6.45, 7) is 6.67. The molecule has 1 aliphatic rings. The Morgan fingerprint density at radius 3 is 2.48 bits per heavy atom. The van der Waals surface area contributed by atoms with Crippen molar-refractivity contribution >= 4 is 28.9 Å². The number of halogens is 1. The van der Waals surface area contributed by atoms with Crippen LogP contribution < -0.4 is 5.32 Å². The molecule has 4 nitrogen and oxygen atoms in total. The maximum absolute atomic E-state index is 13.1. The predicted octanol–water partition coefficient (Wildman–Crippen LogP) is 6.52. The van der Waals surface area contributed by atoms with E-state index in [2.05, 4.69) is 50.4 Å². The van der Waals surface area contributed by atoms with Crippen LogP contribution in [-0.4, -0.2) is 22.8 Å². The van der Waals surface area contributed by atoms with Crippen molar-refractivity contribution in [2.45, 2.75) is 51.5 Å². The lowest BCUT2D eigenvalue weighted by atomic mass is 9.82. The van der Waals surface area contributed by atoms with Gasteiger partial charge in [-0.05, 0) is 78.3 Å². The Morgan fingerprint density at radius 1 is 1.03 bits per heavy atom. The number of nitrogens with zero attached hydrogens (tertiary/aromatic N) is 1. The fourth-order valence-corrected chi connectivity index (χ4v) is 4.49. The molecule has 0 aromatic heterocycles. The molecule has 5 heteroatoms. The number of aromatic hydroxyl groups is 1. The average molecular weight is 461 g/mol. The quantitative estimate of drug-likeness (QED) is 0.455. The zero-order valence-corrected chi connectivity index (χ0v) is 20.0. The summed E-state index contributed by atoms with van der Waals surface area (Å²) in [7, 11) is 0. The number of amides is 1. The van der Waals surface area contributed by atoms with Crippen molar-refractivity contribution in [1.29, 1.82) is 0 Å². The molecule has 4 rings (SSSR count). The average Bonchev–Trinajstić information content (AvgIpc) is 2.90. The number of anilines is 1. The van der Waals surface area contributed by atoms with Crippen LogP contribution in [-0.2, 0) is 16.6 Å². The molecule has 170 valence electrons. The largest absolute Gasteiger partial charge is 0.508 e. The first-order valence-electron chi connectivity index (χ1n) is 11.3. The van der Waals surface area contributed by atoms with Gasteiger partial charge in [-0.1, -0.05) is 56.6 Å². The number of hydrogen-bond acceptors (Lipinski definition) is 3. The molecule has 0 saturated carbocycles. The van der Waals surface area contributed by atoms with Crippen molar-refractivity contribution in [1.82, 2.24) is 0 Å². The molecular weight excluding hydrogens is 432 g/mol. The molecule has 33 heavy (non-hydrogen) atoms. The van der Waals surface area contributed by atoms with Crippen LogP contribution in [0.15, 0.2) is 71.7 Å². The first-order chi connectivity index (χ1) is 15.7. The summed E-state index contributed by atoms with van der Waals surface area (Å²) in [5.74, 6) is 0.0685. The van der Waals surface area contributed by atoms with Crippen molar-refractivity contribution in [2.24, 2.45) is 4.99 Å². The molecule has 0 fully saturated rings. The van der Waals surface area contributed by atoms with E-state index < -0.39 is 6.04 Å².